The molecule has 0 aliphatic heterocycles. The minimum absolute atomic E-state index is 0.0327. The average Bonchev–Trinajstić information content (AvgIpc) is 2.25. The minimum atomic E-state index is -0.656. The SMILES string of the molecule is CCC1CCC(C(F)CNC(C)(C)C)CC1. The first-order chi connectivity index (χ1) is 7.42. The second-order valence-electron chi connectivity index (χ2n) is 6.34. The van der Waals surface area contributed by atoms with Crippen molar-refractivity contribution in [2.45, 2.75) is 71.5 Å². The van der Waals surface area contributed by atoms with E-state index in [0.29, 0.717) is 12.5 Å². The predicted octanol–water partition coefficient (Wildman–Crippen LogP) is 3.93. The van der Waals surface area contributed by atoms with Crippen LogP contribution < -0.4 is 5.32 Å². The highest BCUT2D eigenvalue weighted by atomic mass is 19.1. The van der Waals surface area contributed by atoms with Gasteiger partial charge < -0.3 is 5.32 Å². The molecule has 2 heteroatoms. The summed E-state index contributed by atoms with van der Waals surface area (Å²) in [6.45, 7) is 9.04. The topological polar surface area (TPSA) is 12.0 Å². The fourth-order valence-corrected chi connectivity index (χ4v) is 2.53. The summed E-state index contributed by atoms with van der Waals surface area (Å²) in [5.74, 6) is 1.16. The van der Waals surface area contributed by atoms with Crippen molar-refractivity contribution in [3.8, 4) is 0 Å². The summed E-state index contributed by atoms with van der Waals surface area (Å²) in [7, 11) is 0. The molecule has 0 heterocycles. The van der Waals surface area contributed by atoms with E-state index in [9.17, 15) is 4.39 Å². The van der Waals surface area contributed by atoms with Gasteiger partial charge in [-0.2, -0.15) is 0 Å². The van der Waals surface area contributed by atoms with E-state index in [1.54, 1.807) is 0 Å². The van der Waals surface area contributed by atoms with Crippen LogP contribution in [-0.4, -0.2) is 18.3 Å². The Morgan fingerprint density at radius 3 is 2.19 bits per heavy atom. The van der Waals surface area contributed by atoms with Gasteiger partial charge in [-0.1, -0.05) is 26.2 Å². The lowest BCUT2D eigenvalue weighted by molar-refractivity contribution is 0.144. The van der Waals surface area contributed by atoms with Crippen LogP contribution in [0.25, 0.3) is 0 Å². The summed E-state index contributed by atoms with van der Waals surface area (Å²) in [6.07, 6.45) is 5.26. The normalized spacial score (nSPS) is 29.1. The maximum Gasteiger partial charge on any atom is 0.115 e. The Kier molecular flexibility index (Phi) is 5.23. The molecular formula is C14H28FN. The van der Waals surface area contributed by atoms with Gasteiger partial charge in [-0.25, -0.2) is 4.39 Å². The average molecular weight is 229 g/mol. The maximum atomic E-state index is 14.0. The molecule has 1 rings (SSSR count). The van der Waals surface area contributed by atoms with E-state index in [-0.39, 0.29) is 5.54 Å². The second kappa shape index (κ2) is 6.00. The van der Waals surface area contributed by atoms with Crippen LogP contribution in [0.3, 0.4) is 0 Å². The van der Waals surface area contributed by atoms with Crippen LogP contribution >= 0.6 is 0 Å². The number of hydrogen-bond donors (Lipinski definition) is 1. The first kappa shape index (κ1) is 14.0. The van der Waals surface area contributed by atoms with Crippen LogP contribution in [0.5, 0.6) is 0 Å². The summed E-state index contributed by atoms with van der Waals surface area (Å²) >= 11 is 0. The number of hydrogen-bond acceptors (Lipinski definition) is 1. The van der Waals surface area contributed by atoms with Gasteiger partial charge in [0, 0.05) is 12.1 Å². The highest BCUT2D eigenvalue weighted by Crippen LogP contribution is 2.33. The Hall–Kier alpha value is -0.110. The monoisotopic (exact) mass is 229 g/mol. The largest absolute Gasteiger partial charge is 0.309 e. The molecule has 0 bridgehead atoms. The highest BCUT2D eigenvalue weighted by Gasteiger charge is 2.27. The zero-order valence-electron chi connectivity index (χ0n) is 11.4. The molecule has 1 saturated carbocycles. The van der Waals surface area contributed by atoms with Gasteiger partial charge in [0.15, 0.2) is 0 Å². The van der Waals surface area contributed by atoms with E-state index >= 15 is 0 Å². The van der Waals surface area contributed by atoms with Gasteiger partial charge in [0.2, 0.25) is 0 Å². The fraction of sp³-hybridized carbons (Fsp3) is 1.00. The Morgan fingerprint density at radius 1 is 1.19 bits per heavy atom. The molecule has 0 aromatic heterocycles. The quantitative estimate of drug-likeness (QED) is 0.770. The van der Waals surface area contributed by atoms with E-state index in [1.165, 1.54) is 19.3 Å². The van der Waals surface area contributed by atoms with Gasteiger partial charge in [0.05, 0.1) is 0 Å². The van der Waals surface area contributed by atoms with Crippen molar-refractivity contribution in [2.75, 3.05) is 6.54 Å². The summed E-state index contributed by atoms with van der Waals surface area (Å²) in [6, 6.07) is 0. The van der Waals surface area contributed by atoms with Crippen molar-refractivity contribution >= 4 is 0 Å². The maximum absolute atomic E-state index is 14.0. The Labute approximate surface area is 100 Å². The van der Waals surface area contributed by atoms with Crippen molar-refractivity contribution < 1.29 is 4.39 Å². The Bertz CT molecular complexity index is 189. The van der Waals surface area contributed by atoms with Crippen LogP contribution in [0.2, 0.25) is 0 Å². The van der Waals surface area contributed by atoms with Gasteiger partial charge >= 0.3 is 0 Å². The summed E-state index contributed by atoms with van der Waals surface area (Å²) in [4.78, 5) is 0. The van der Waals surface area contributed by atoms with Gasteiger partial charge in [0.1, 0.15) is 6.17 Å². The van der Waals surface area contributed by atoms with E-state index in [0.717, 1.165) is 18.8 Å². The van der Waals surface area contributed by atoms with Crippen LogP contribution in [0.4, 0.5) is 4.39 Å². The predicted molar refractivity (Wildman–Crippen MR) is 68.4 cm³/mol. The van der Waals surface area contributed by atoms with Crippen LogP contribution in [0.15, 0.2) is 0 Å². The standard InChI is InChI=1S/C14H28FN/c1-5-11-6-8-12(9-7-11)13(15)10-16-14(2,3)4/h11-13,16H,5-10H2,1-4H3. The summed E-state index contributed by atoms with van der Waals surface area (Å²) in [5.41, 5.74) is 0.0327. The molecule has 0 spiro atoms. The number of nitrogens with one attached hydrogen (secondary N) is 1. The van der Waals surface area contributed by atoms with Gasteiger partial charge in [-0.05, 0) is 45.4 Å². The van der Waals surface area contributed by atoms with Gasteiger partial charge in [0.25, 0.3) is 0 Å². The molecule has 0 aromatic rings. The molecule has 0 saturated heterocycles. The highest BCUT2D eigenvalue weighted by molar-refractivity contribution is 4.81. The molecule has 1 aliphatic rings. The van der Waals surface area contributed by atoms with E-state index < -0.39 is 6.17 Å². The molecule has 1 unspecified atom stereocenters. The first-order valence-electron chi connectivity index (χ1n) is 6.81. The number of halogens is 1. The van der Waals surface area contributed by atoms with Gasteiger partial charge in [-0.3, -0.25) is 0 Å². The lowest BCUT2D eigenvalue weighted by Crippen LogP contribution is -2.42. The third-order valence-corrected chi connectivity index (χ3v) is 3.81. The number of rotatable bonds is 4. The minimum Gasteiger partial charge on any atom is -0.309 e. The van der Waals surface area contributed by atoms with Crippen LogP contribution in [-0.2, 0) is 0 Å². The van der Waals surface area contributed by atoms with E-state index in [4.69, 9.17) is 0 Å². The lowest BCUT2D eigenvalue weighted by atomic mass is 9.79. The van der Waals surface area contributed by atoms with Crippen molar-refractivity contribution in [3.05, 3.63) is 0 Å². The Morgan fingerprint density at radius 2 is 1.75 bits per heavy atom. The summed E-state index contributed by atoms with van der Waals surface area (Å²) < 4.78 is 14.0. The molecule has 0 radical (unpaired) electrons. The summed E-state index contributed by atoms with van der Waals surface area (Å²) in [5, 5.41) is 3.27. The molecule has 1 fully saturated rings. The second-order valence-corrected chi connectivity index (χ2v) is 6.34. The molecule has 1 aliphatic carbocycles. The lowest BCUT2D eigenvalue weighted by Gasteiger charge is -2.31. The molecule has 16 heavy (non-hydrogen) atoms. The molecule has 0 aromatic carbocycles. The van der Waals surface area contributed by atoms with Crippen molar-refractivity contribution in [1.82, 2.24) is 5.32 Å². The molecule has 96 valence electrons. The first-order valence-corrected chi connectivity index (χ1v) is 6.81. The third kappa shape index (κ3) is 4.82. The zero-order chi connectivity index (χ0) is 12.2. The molecule has 1 N–H and O–H groups in total. The fourth-order valence-electron chi connectivity index (χ4n) is 2.53. The van der Waals surface area contributed by atoms with Crippen LogP contribution in [0, 0.1) is 11.8 Å². The van der Waals surface area contributed by atoms with E-state index in [1.807, 2.05) is 0 Å². The van der Waals surface area contributed by atoms with Crippen molar-refractivity contribution in [3.63, 3.8) is 0 Å². The smallest absolute Gasteiger partial charge is 0.115 e. The molecule has 0 amide bonds. The van der Waals surface area contributed by atoms with Crippen LogP contribution in [0.1, 0.15) is 59.8 Å². The molecule has 1 nitrogen and oxygen atoms in total. The van der Waals surface area contributed by atoms with Crippen molar-refractivity contribution in [2.24, 2.45) is 11.8 Å². The van der Waals surface area contributed by atoms with Crippen molar-refractivity contribution in [1.29, 1.82) is 0 Å². The zero-order valence-corrected chi connectivity index (χ0v) is 11.4. The van der Waals surface area contributed by atoms with E-state index in [2.05, 4.69) is 33.0 Å². The molecule has 1 atom stereocenters. The third-order valence-electron chi connectivity index (χ3n) is 3.81. The Balaban J connectivity index is 2.25. The number of alkyl halides is 1. The molecular weight excluding hydrogens is 201 g/mol. The van der Waals surface area contributed by atoms with Gasteiger partial charge in [-0.15, -0.1) is 0 Å².